The minimum absolute atomic E-state index is 0.00608. The lowest BCUT2D eigenvalue weighted by Gasteiger charge is -2.14. The number of carboxylic acids is 1. The van der Waals surface area contributed by atoms with E-state index in [1.54, 1.807) is 18.2 Å². The normalized spacial score (nSPS) is 11.3. The van der Waals surface area contributed by atoms with Crippen molar-refractivity contribution in [1.29, 1.82) is 0 Å². The van der Waals surface area contributed by atoms with Gasteiger partial charge in [0.25, 0.3) is 0 Å². The molecular formula is C26H24F4N2O3. The van der Waals surface area contributed by atoms with Crippen LogP contribution in [0, 0.1) is 5.82 Å². The Morgan fingerprint density at radius 3 is 2.46 bits per heavy atom. The van der Waals surface area contributed by atoms with Crippen molar-refractivity contribution in [3.05, 3.63) is 77.6 Å². The summed E-state index contributed by atoms with van der Waals surface area (Å²) in [4.78, 5) is 14.9. The number of aliphatic carboxylic acids is 1. The van der Waals surface area contributed by atoms with Crippen LogP contribution in [0.25, 0.3) is 33.7 Å². The van der Waals surface area contributed by atoms with E-state index in [9.17, 15) is 22.4 Å². The predicted molar refractivity (Wildman–Crippen MR) is 125 cm³/mol. The SMILES string of the molecule is CC.O=C(O)CCNCc1ccc2nc(-c3ccc(-c4ccccc4F)c(C(F)(F)F)c3)oc2c1. The number of aromatic nitrogens is 1. The first-order chi connectivity index (χ1) is 16.7. The third-order valence-corrected chi connectivity index (χ3v) is 5.03. The number of rotatable bonds is 7. The van der Waals surface area contributed by atoms with Crippen molar-refractivity contribution in [2.45, 2.75) is 33.0 Å². The van der Waals surface area contributed by atoms with Crippen molar-refractivity contribution in [3.63, 3.8) is 0 Å². The summed E-state index contributed by atoms with van der Waals surface area (Å²) in [5.41, 5.74) is 0.362. The van der Waals surface area contributed by atoms with Gasteiger partial charge in [0.05, 0.1) is 12.0 Å². The van der Waals surface area contributed by atoms with E-state index >= 15 is 0 Å². The first-order valence-corrected chi connectivity index (χ1v) is 11.0. The molecule has 0 saturated carbocycles. The van der Waals surface area contributed by atoms with Crippen LogP contribution in [0.3, 0.4) is 0 Å². The zero-order chi connectivity index (χ0) is 25.6. The number of oxazole rings is 1. The average Bonchev–Trinajstić information content (AvgIpc) is 3.26. The summed E-state index contributed by atoms with van der Waals surface area (Å²) in [6, 6.07) is 14.0. The number of carboxylic acid groups (broad SMARTS) is 1. The molecule has 9 heteroatoms. The summed E-state index contributed by atoms with van der Waals surface area (Å²) in [6.45, 7) is 4.69. The number of carbonyl (C=O) groups is 1. The Balaban J connectivity index is 0.00000167. The highest BCUT2D eigenvalue weighted by Gasteiger charge is 2.35. The molecule has 0 bridgehead atoms. The zero-order valence-electron chi connectivity index (χ0n) is 19.1. The molecule has 184 valence electrons. The van der Waals surface area contributed by atoms with Gasteiger partial charge in [-0.2, -0.15) is 13.2 Å². The van der Waals surface area contributed by atoms with E-state index in [-0.39, 0.29) is 29.0 Å². The molecular weight excluding hydrogens is 464 g/mol. The fourth-order valence-corrected chi connectivity index (χ4v) is 3.46. The average molecular weight is 488 g/mol. The van der Waals surface area contributed by atoms with Crippen LogP contribution in [0.5, 0.6) is 0 Å². The topological polar surface area (TPSA) is 75.4 Å². The van der Waals surface area contributed by atoms with Crippen LogP contribution in [0.4, 0.5) is 17.6 Å². The van der Waals surface area contributed by atoms with Crippen LogP contribution in [-0.2, 0) is 17.5 Å². The number of benzene rings is 3. The lowest BCUT2D eigenvalue weighted by molar-refractivity contribution is -0.137. The van der Waals surface area contributed by atoms with Crippen LogP contribution in [0.15, 0.2) is 65.1 Å². The van der Waals surface area contributed by atoms with Crippen LogP contribution >= 0.6 is 0 Å². The van der Waals surface area contributed by atoms with Gasteiger partial charge in [0, 0.05) is 24.2 Å². The van der Waals surface area contributed by atoms with Gasteiger partial charge in [0.15, 0.2) is 5.58 Å². The van der Waals surface area contributed by atoms with Gasteiger partial charge in [-0.1, -0.05) is 44.2 Å². The molecule has 3 aromatic carbocycles. The van der Waals surface area contributed by atoms with E-state index in [1.165, 1.54) is 30.3 Å². The molecule has 1 heterocycles. The van der Waals surface area contributed by atoms with E-state index in [0.29, 0.717) is 24.2 Å². The number of fused-ring (bicyclic) bond motifs is 1. The Bertz CT molecular complexity index is 1320. The molecule has 0 aliphatic carbocycles. The third kappa shape index (κ3) is 6.24. The van der Waals surface area contributed by atoms with Gasteiger partial charge in [-0.25, -0.2) is 9.37 Å². The molecule has 0 fully saturated rings. The third-order valence-electron chi connectivity index (χ3n) is 5.03. The second-order valence-corrected chi connectivity index (χ2v) is 7.38. The smallest absolute Gasteiger partial charge is 0.417 e. The van der Waals surface area contributed by atoms with Crippen LogP contribution in [-0.4, -0.2) is 22.6 Å². The number of nitrogens with one attached hydrogen (secondary N) is 1. The lowest BCUT2D eigenvalue weighted by atomic mass is 9.96. The van der Waals surface area contributed by atoms with E-state index < -0.39 is 23.5 Å². The summed E-state index contributed by atoms with van der Waals surface area (Å²) >= 11 is 0. The van der Waals surface area contributed by atoms with Crippen molar-refractivity contribution in [3.8, 4) is 22.6 Å². The first kappa shape index (κ1) is 25.9. The van der Waals surface area contributed by atoms with Crippen molar-refractivity contribution in [1.82, 2.24) is 10.3 Å². The highest BCUT2D eigenvalue weighted by molar-refractivity contribution is 5.78. The second kappa shape index (κ2) is 11.1. The number of nitrogens with zero attached hydrogens (tertiary/aromatic N) is 1. The molecule has 35 heavy (non-hydrogen) atoms. The lowest BCUT2D eigenvalue weighted by Crippen LogP contribution is -2.17. The van der Waals surface area contributed by atoms with Gasteiger partial charge >= 0.3 is 12.1 Å². The summed E-state index contributed by atoms with van der Waals surface area (Å²) in [7, 11) is 0. The molecule has 5 nitrogen and oxygen atoms in total. The van der Waals surface area contributed by atoms with Crippen LogP contribution in [0.2, 0.25) is 0 Å². The molecule has 0 saturated heterocycles. The van der Waals surface area contributed by atoms with Gasteiger partial charge in [-0.15, -0.1) is 0 Å². The minimum Gasteiger partial charge on any atom is -0.481 e. The maximum absolute atomic E-state index is 14.2. The summed E-state index contributed by atoms with van der Waals surface area (Å²) in [6.07, 6.45) is -4.73. The van der Waals surface area contributed by atoms with Crippen LogP contribution in [0.1, 0.15) is 31.4 Å². The molecule has 0 radical (unpaired) electrons. The van der Waals surface area contributed by atoms with E-state index in [0.717, 1.165) is 17.7 Å². The van der Waals surface area contributed by atoms with Crippen molar-refractivity contribution in [2.24, 2.45) is 0 Å². The fourth-order valence-electron chi connectivity index (χ4n) is 3.46. The summed E-state index contributed by atoms with van der Waals surface area (Å²) in [5.74, 6) is -1.65. The Morgan fingerprint density at radius 1 is 1.03 bits per heavy atom. The Hall–Kier alpha value is -3.72. The molecule has 0 atom stereocenters. The Labute approximate surface area is 199 Å². The van der Waals surface area contributed by atoms with Crippen molar-refractivity contribution in [2.75, 3.05) is 6.54 Å². The van der Waals surface area contributed by atoms with Gasteiger partial charge in [0.1, 0.15) is 11.3 Å². The standard InChI is InChI=1S/C24H18F4N2O3.C2H6/c25-19-4-2-1-3-17(19)16-7-6-15(12-18(16)24(26,27)28)23-30-20-8-5-14(11-21(20)33-23)13-29-10-9-22(31)32;1-2/h1-8,11-12,29H,9-10,13H2,(H,31,32);1-2H3. The van der Waals surface area contributed by atoms with Crippen molar-refractivity contribution >= 4 is 17.1 Å². The maximum Gasteiger partial charge on any atom is 0.417 e. The minimum atomic E-state index is -4.71. The highest BCUT2D eigenvalue weighted by atomic mass is 19.4. The van der Waals surface area contributed by atoms with Gasteiger partial charge in [-0.05, 0) is 41.5 Å². The summed E-state index contributed by atoms with van der Waals surface area (Å²) in [5, 5.41) is 11.7. The molecule has 0 amide bonds. The quantitative estimate of drug-likeness (QED) is 0.218. The first-order valence-electron chi connectivity index (χ1n) is 11.0. The molecule has 1 aromatic heterocycles. The monoisotopic (exact) mass is 488 g/mol. The van der Waals surface area contributed by atoms with E-state index in [1.807, 2.05) is 13.8 Å². The second-order valence-electron chi connectivity index (χ2n) is 7.38. The molecule has 4 rings (SSSR count). The molecule has 0 unspecified atom stereocenters. The Kier molecular flexibility index (Phi) is 8.24. The van der Waals surface area contributed by atoms with Gasteiger partial charge < -0.3 is 14.8 Å². The fraction of sp³-hybridized carbons (Fsp3) is 0.231. The number of hydrogen-bond acceptors (Lipinski definition) is 4. The van der Waals surface area contributed by atoms with E-state index in [4.69, 9.17) is 9.52 Å². The van der Waals surface area contributed by atoms with Gasteiger partial charge in [0.2, 0.25) is 5.89 Å². The number of hydrogen-bond donors (Lipinski definition) is 2. The highest BCUT2D eigenvalue weighted by Crippen LogP contribution is 2.40. The molecule has 2 N–H and O–H groups in total. The number of alkyl halides is 3. The summed E-state index contributed by atoms with van der Waals surface area (Å²) < 4.78 is 61.3. The van der Waals surface area contributed by atoms with Gasteiger partial charge in [-0.3, -0.25) is 4.79 Å². The Morgan fingerprint density at radius 2 is 1.77 bits per heavy atom. The zero-order valence-corrected chi connectivity index (χ0v) is 19.1. The van der Waals surface area contributed by atoms with Crippen molar-refractivity contribution < 1.29 is 31.9 Å². The molecule has 4 aromatic rings. The number of halogens is 4. The largest absolute Gasteiger partial charge is 0.481 e. The molecule has 0 spiro atoms. The van der Waals surface area contributed by atoms with E-state index in [2.05, 4.69) is 10.3 Å². The molecule has 0 aliphatic rings. The van der Waals surface area contributed by atoms with Crippen LogP contribution < -0.4 is 5.32 Å². The predicted octanol–water partition coefficient (Wildman–Crippen LogP) is 6.91. The maximum atomic E-state index is 14.2. The molecule has 0 aliphatic heterocycles.